The van der Waals surface area contributed by atoms with Crippen molar-refractivity contribution in [3.63, 3.8) is 0 Å². The molecule has 0 unspecified atom stereocenters. The molecule has 2 rings (SSSR count). The maximum Gasteiger partial charge on any atom is 0.161 e. The summed E-state index contributed by atoms with van der Waals surface area (Å²) >= 11 is 11.8. The quantitative estimate of drug-likeness (QED) is 0.678. The van der Waals surface area contributed by atoms with E-state index in [1.165, 1.54) is 6.07 Å². The Morgan fingerprint density at radius 2 is 1.80 bits per heavy atom. The second-order valence-corrected chi connectivity index (χ2v) is 4.77. The van der Waals surface area contributed by atoms with E-state index < -0.39 is 16.0 Å². The third-order valence-electron chi connectivity index (χ3n) is 2.24. The highest BCUT2D eigenvalue weighted by molar-refractivity contribution is 6.61. The molecular formula is C10H7Cl2F2N. The van der Waals surface area contributed by atoms with Gasteiger partial charge in [-0.05, 0) is 12.1 Å². The molecule has 1 heterocycles. The van der Waals surface area contributed by atoms with Gasteiger partial charge < -0.3 is 0 Å². The van der Waals surface area contributed by atoms with Crippen LogP contribution in [0.15, 0.2) is 23.2 Å². The fourth-order valence-electron chi connectivity index (χ4n) is 1.53. The molecule has 0 atom stereocenters. The zero-order valence-corrected chi connectivity index (χ0v) is 9.12. The summed E-state index contributed by atoms with van der Waals surface area (Å²) in [6.45, 7) is 0.385. The van der Waals surface area contributed by atoms with Gasteiger partial charge in [-0.1, -0.05) is 29.3 Å². The zero-order valence-electron chi connectivity index (χ0n) is 7.61. The topological polar surface area (TPSA) is 12.4 Å². The van der Waals surface area contributed by atoms with Crippen molar-refractivity contribution in [2.75, 3.05) is 6.54 Å². The molecule has 1 aliphatic heterocycles. The van der Waals surface area contributed by atoms with E-state index in [-0.39, 0.29) is 11.3 Å². The molecule has 1 aliphatic rings. The fraction of sp³-hybridized carbons (Fsp3) is 0.300. The Bertz CT molecular complexity index is 409. The molecule has 0 saturated heterocycles. The Labute approximate surface area is 95.7 Å². The van der Waals surface area contributed by atoms with Crippen LogP contribution >= 0.6 is 23.2 Å². The zero-order chi connectivity index (χ0) is 11.1. The minimum absolute atomic E-state index is 0.0847. The predicted molar refractivity (Wildman–Crippen MR) is 56.8 cm³/mol. The number of hydrogen-bond donors (Lipinski definition) is 0. The average Bonchev–Trinajstić information content (AvgIpc) is 2.46. The summed E-state index contributed by atoms with van der Waals surface area (Å²) in [5, 5.41) is 0. The van der Waals surface area contributed by atoms with Gasteiger partial charge in [-0.2, -0.15) is 0 Å². The van der Waals surface area contributed by atoms with Crippen molar-refractivity contribution >= 4 is 28.9 Å². The van der Waals surface area contributed by atoms with Crippen molar-refractivity contribution < 1.29 is 8.78 Å². The van der Waals surface area contributed by atoms with Gasteiger partial charge in [-0.25, -0.2) is 8.78 Å². The number of nitrogens with zero attached hydrogens (tertiary/aromatic N) is 1. The fourth-order valence-corrected chi connectivity index (χ4v) is 2.01. The number of halogens is 4. The summed E-state index contributed by atoms with van der Waals surface area (Å²) in [7, 11) is 0. The van der Waals surface area contributed by atoms with E-state index in [2.05, 4.69) is 4.99 Å². The second-order valence-electron chi connectivity index (χ2n) is 3.28. The van der Waals surface area contributed by atoms with Gasteiger partial charge in [0.05, 0.1) is 11.3 Å². The van der Waals surface area contributed by atoms with Crippen LogP contribution in [0.1, 0.15) is 12.0 Å². The van der Waals surface area contributed by atoms with E-state index in [1.54, 1.807) is 0 Å². The standard InChI is InChI=1S/C10H7Cl2F2N/c11-10(12)4-5-15-9(10)8-6(13)2-1-3-7(8)14/h1-3H,4-5H2. The van der Waals surface area contributed by atoms with Gasteiger partial charge in [0.25, 0.3) is 0 Å². The first kappa shape index (κ1) is 10.8. The Hall–Kier alpha value is -0.670. The lowest BCUT2D eigenvalue weighted by Gasteiger charge is -2.15. The molecule has 1 aromatic rings. The number of hydrogen-bond acceptors (Lipinski definition) is 1. The van der Waals surface area contributed by atoms with Crippen LogP contribution in [0.3, 0.4) is 0 Å². The molecule has 1 aromatic carbocycles. The van der Waals surface area contributed by atoms with Crippen molar-refractivity contribution in [3.05, 3.63) is 35.4 Å². The van der Waals surface area contributed by atoms with Crippen molar-refractivity contribution in [1.82, 2.24) is 0 Å². The Morgan fingerprint density at radius 1 is 1.20 bits per heavy atom. The van der Waals surface area contributed by atoms with Gasteiger partial charge in [0.2, 0.25) is 0 Å². The summed E-state index contributed by atoms with van der Waals surface area (Å²) in [5.74, 6) is -1.39. The Balaban J connectivity index is 2.55. The van der Waals surface area contributed by atoms with Crippen molar-refractivity contribution in [2.45, 2.75) is 10.8 Å². The Kier molecular flexibility index (Phi) is 2.69. The van der Waals surface area contributed by atoms with Crippen LogP contribution in [0.2, 0.25) is 0 Å². The van der Waals surface area contributed by atoms with Gasteiger partial charge in [0.15, 0.2) is 4.33 Å². The first-order chi connectivity index (χ1) is 7.02. The largest absolute Gasteiger partial charge is 0.286 e. The molecule has 0 amide bonds. The normalized spacial score (nSPS) is 19.1. The molecule has 0 radical (unpaired) electrons. The smallest absolute Gasteiger partial charge is 0.161 e. The van der Waals surface area contributed by atoms with E-state index in [1.807, 2.05) is 0 Å². The molecule has 0 bridgehead atoms. The van der Waals surface area contributed by atoms with Gasteiger partial charge in [-0.3, -0.25) is 4.99 Å². The summed E-state index contributed by atoms with van der Waals surface area (Å²) in [5.41, 5.74) is -0.138. The van der Waals surface area contributed by atoms with E-state index in [9.17, 15) is 8.78 Å². The lowest BCUT2D eigenvalue weighted by atomic mass is 10.1. The van der Waals surface area contributed by atoms with Crippen molar-refractivity contribution in [3.8, 4) is 0 Å². The Morgan fingerprint density at radius 3 is 2.27 bits per heavy atom. The first-order valence-electron chi connectivity index (χ1n) is 4.39. The highest BCUT2D eigenvalue weighted by Gasteiger charge is 2.38. The van der Waals surface area contributed by atoms with Crippen molar-refractivity contribution in [1.29, 1.82) is 0 Å². The average molecular weight is 250 g/mol. The molecule has 0 N–H and O–H groups in total. The van der Waals surface area contributed by atoms with Crippen molar-refractivity contribution in [2.24, 2.45) is 4.99 Å². The molecule has 1 nitrogen and oxygen atoms in total. The molecule has 0 aliphatic carbocycles. The molecule has 5 heteroatoms. The van der Waals surface area contributed by atoms with Gasteiger partial charge in [-0.15, -0.1) is 0 Å². The van der Waals surface area contributed by atoms with Crippen LogP contribution in [-0.2, 0) is 0 Å². The van der Waals surface area contributed by atoms with Gasteiger partial charge in [0.1, 0.15) is 11.6 Å². The van der Waals surface area contributed by atoms with E-state index in [0.717, 1.165) is 12.1 Å². The molecule has 0 saturated carbocycles. The second kappa shape index (κ2) is 3.72. The minimum atomic E-state index is -1.29. The molecule has 0 aromatic heterocycles. The summed E-state index contributed by atoms with van der Waals surface area (Å²) < 4.78 is 25.5. The maximum absolute atomic E-state index is 13.4. The summed E-state index contributed by atoms with van der Waals surface area (Å²) in [6.07, 6.45) is 0.374. The predicted octanol–water partition coefficient (Wildman–Crippen LogP) is 3.33. The monoisotopic (exact) mass is 249 g/mol. The van der Waals surface area contributed by atoms with Crippen LogP contribution in [0.5, 0.6) is 0 Å². The molecule has 15 heavy (non-hydrogen) atoms. The lowest BCUT2D eigenvalue weighted by Crippen LogP contribution is -2.24. The first-order valence-corrected chi connectivity index (χ1v) is 5.15. The van der Waals surface area contributed by atoms with Crippen LogP contribution in [-0.4, -0.2) is 16.6 Å². The highest BCUT2D eigenvalue weighted by atomic mass is 35.5. The van der Waals surface area contributed by atoms with Crippen LogP contribution in [0.4, 0.5) is 8.78 Å². The highest BCUT2D eigenvalue weighted by Crippen LogP contribution is 2.36. The van der Waals surface area contributed by atoms with Crippen LogP contribution in [0.25, 0.3) is 0 Å². The molecular weight excluding hydrogens is 243 g/mol. The number of alkyl halides is 2. The number of aliphatic imine (C=N–C) groups is 1. The van der Waals surface area contributed by atoms with Crippen LogP contribution in [0, 0.1) is 11.6 Å². The molecule has 0 spiro atoms. The van der Waals surface area contributed by atoms with Crippen LogP contribution < -0.4 is 0 Å². The number of rotatable bonds is 1. The SMILES string of the molecule is Fc1cccc(F)c1C1=NCCC1(Cl)Cl. The molecule has 0 fully saturated rings. The van der Waals surface area contributed by atoms with E-state index in [4.69, 9.17) is 23.2 Å². The lowest BCUT2D eigenvalue weighted by molar-refractivity contribution is 0.578. The number of benzene rings is 1. The summed E-state index contributed by atoms with van der Waals surface area (Å²) in [6, 6.07) is 3.60. The molecule has 80 valence electrons. The van der Waals surface area contributed by atoms with E-state index in [0.29, 0.717) is 13.0 Å². The van der Waals surface area contributed by atoms with Gasteiger partial charge >= 0.3 is 0 Å². The minimum Gasteiger partial charge on any atom is -0.286 e. The van der Waals surface area contributed by atoms with E-state index >= 15 is 0 Å². The third kappa shape index (κ3) is 1.86. The summed E-state index contributed by atoms with van der Waals surface area (Å²) in [4.78, 5) is 3.95. The van der Waals surface area contributed by atoms with Gasteiger partial charge in [0, 0.05) is 13.0 Å². The maximum atomic E-state index is 13.4. The third-order valence-corrected chi connectivity index (χ3v) is 2.98.